The molecular formula is C23H23N5O. The molecule has 0 saturated heterocycles. The highest BCUT2D eigenvalue weighted by molar-refractivity contribution is 5.85. The number of nitrogens with zero attached hydrogens (tertiary/aromatic N) is 4. The van der Waals surface area contributed by atoms with E-state index < -0.39 is 0 Å². The van der Waals surface area contributed by atoms with E-state index in [0.717, 1.165) is 22.3 Å². The van der Waals surface area contributed by atoms with Crippen LogP contribution in [0.5, 0.6) is 11.6 Å². The minimum absolute atomic E-state index is 0.317. The summed E-state index contributed by atoms with van der Waals surface area (Å²) >= 11 is 0. The first kappa shape index (κ1) is 18.7. The van der Waals surface area contributed by atoms with Crippen LogP contribution < -0.4 is 15.4 Å². The van der Waals surface area contributed by atoms with Gasteiger partial charge in [0, 0.05) is 23.3 Å². The zero-order valence-electron chi connectivity index (χ0n) is 16.8. The average molecular weight is 385 g/mol. The molecular weight excluding hydrogens is 362 g/mol. The Labute approximate surface area is 170 Å². The van der Waals surface area contributed by atoms with Gasteiger partial charge < -0.3 is 15.4 Å². The van der Waals surface area contributed by atoms with Crippen LogP contribution in [0.3, 0.4) is 0 Å². The van der Waals surface area contributed by atoms with Crippen LogP contribution in [0.15, 0.2) is 60.9 Å². The van der Waals surface area contributed by atoms with Gasteiger partial charge in [-0.25, -0.2) is 9.97 Å². The number of aromatic nitrogens is 3. The quantitative estimate of drug-likeness (QED) is 0.510. The van der Waals surface area contributed by atoms with Crippen LogP contribution in [0.4, 0.5) is 17.2 Å². The number of anilines is 3. The van der Waals surface area contributed by atoms with Gasteiger partial charge in [-0.2, -0.15) is 4.98 Å². The lowest BCUT2D eigenvalue weighted by Crippen LogP contribution is -2.19. The first-order valence-corrected chi connectivity index (χ1v) is 9.55. The van der Waals surface area contributed by atoms with Crippen LogP contribution in [0, 0.1) is 13.8 Å². The van der Waals surface area contributed by atoms with Crippen molar-refractivity contribution in [3.63, 3.8) is 0 Å². The Hall–Kier alpha value is -3.67. The van der Waals surface area contributed by atoms with Crippen LogP contribution >= 0.6 is 0 Å². The van der Waals surface area contributed by atoms with Gasteiger partial charge in [-0.3, -0.25) is 0 Å². The fraction of sp³-hybridized carbons (Fsp3) is 0.174. The largest absolute Gasteiger partial charge is 0.435 e. The number of nitrogen functional groups attached to an aromatic ring is 1. The summed E-state index contributed by atoms with van der Waals surface area (Å²) in [5.41, 5.74) is 10.7. The first-order valence-electron chi connectivity index (χ1n) is 9.55. The predicted octanol–water partition coefficient (Wildman–Crippen LogP) is 5.17. The van der Waals surface area contributed by atoms with Crippen molar-refractivity contribution in [3.05, 3.63) is 72.2 Å². The van der Waals surface area contributed by atoms with Gasteiger partial charge in [-0.15, -0.1) is 0 Å². The minimum Gasteiger partial charge on any atom is -0.435 e. The molecule has 2 aromatic heterocycles. The molecule has 0 bridgehead atoms. The maximum Gasteiger partial charge on any atom is 0.248 e. The number of aryl methyl sites for hydroxylation is 2. The lowest BCUT2D eigenvalue weighted by atomic mass is 10.2. The first-order chi connectivity index (χ1) is 14.1. The number of benzene rings is 2. The molecule has 0 atom stereocenters. The van der Waals surface area contributed by atoms with Crippen LogP contribution in [-0.2, 0) is 0 Å². The molecule has 0 saturated carbocycles. The number of fused-ring (bicyclic) bond motifs is 1. The standard InChI is InChI=1S/C23H23N5O/c1-4-28(18-9-5-7-15(2)13-18)22-20(24)23(26-14-25-22)29-19-10-6-8-17-12-11-16(3)27-21(17)19/h5-14H,4,24H2,1-3H3. The van der Waals surface area contributed by atoms with E-state index in [1.54, 1.807) is 0 Å². The fourth-order valence-electron chi connectivity index (χ4n) is 3.32. The highest BCUT2D eigenvalue weighted by Gasteiger charge is 2.18. The molecule has 6 nitrogen and oxygen atoms in total. The Bertz CT molecular complexity index is 1170. The summed E-state index contributed by atoms with van der Waals surface area (Å²) < 4.78 is 6.11. The van der Waals surface area contributed by atoms with E-state index in [0.29, 0.717) is 29.7 Å². The maximum atomic E-state index is 6.44. The molecule has 6 heteroatoms. The van der Waals surface area contributed by atoms with Crippen LogP contribution in [-0.4, -0.2) is 21.5 Å². The summed E-state index contributed by atoms with van der Waals surface area (Å²) in [6.07, 6.45) is 1.48. The van der Waals surface area contributed by atoms with Crippen LogP contribution in [0.25, 0.3) is 10.9 Å². The van der Waals surface area contributed by atoms with Crippen molar-refractivity contribution in [3.8, 4) is 11.6 Å². The van der Waals surface area contributed by atoms with E-state index in [9.17, 15) is 0 Å². The third kappa shape index (κ3) is 3.69. The Kier molecular flexibility index (Phi) is 4.99. The summed E-state index contributed by atoms with van der Waals surface area (Å²) in [5, 5.41) is 0.996. The van der Waals surface area contributed by atoms with Crippen LogP contribution in [0.1, 0.15) is 18.2 Å². The van der Waals surface area contributed by atoms with Crippen molar-refractivity contribution in [2.75, 3.05) is 17.2 Å². The minimum atomic E-state index is 0.317. The molecule has 0 amide bonds. The smallest absolute Gasteiger partial charge is 0.248 e. The van der Waals surface area contributed by atoms with Gasteiger partial charge in [-0.05, 0) is 50.6 Å². The molecule has 2 heterocycles. The van der Waals surface area contributed by atoms with E-state index in [2.05, 4.69) is 40.9 Å². The lowest BCUT2D eigenvalue weighted by molar-refractivity contribution is 0.468. The number of rotatable bonds is 5. The molecule has 4 rings (SSSR count). The molecule has 2 N–H and O–H groups in total. The normalized spacial score (nSPS) is 10.9. The average Bonchev–Trinajstić information content (AvgIpc) is 2.72. The highest BCUT2D eigenvalue weighted by Crippen LogP contribution is 2.36. The summed E-state index contributed by atoms with van der Waals surface area (Å²) in [5.74, 6) is 1.55. The number of hydrogen-bond acceptors (Lipinski definition) is 6. The summed E-state index contributed by atoms with van der Waals surface area (Å²) in [4.78, 5) is 15.4. The highest BCUT2D eigenvalue weighted by atomic mass is 16.5. The molecule has 0 aliphatic heterocycles. The zero-order valence-corrected chi connectivity index (χ0v) is 16.8. The SMILES string of the molecule is CCN(c1cccc(C)c1)c1ncnc(Oc2cccc3ccc(C)nc23)c1N. The zero-order chi connectivity index (χ0) is 20.4. The van der Waals surface area contributed by atoms with E-state index in [1.165, 1.54) is 11.9 Å². The molecule has 0 unspecified atom stereocenters. The maximum absolute atomic E-state index is 6.44. The molecule has 0 fully saturated rings. The van der Waals surface area contributed by atoms with Crippen molar-refractivity contribution in [2.24, 2.45) is 0 Å². The monoisotopic (exact) mass is 385 g/mol. The molecule has 146 valence electrons. The topological polar surface area (TPSA) is 77.2 Å². The van der Waals surface area contributed by atoms with Gasteiger partial charge >= 0.3 is 0 Å². The fourth-order valence-corrected chi connectivity index (χ4v) is 3.32. The number of pyridine rings is 1. The van der Waals surface area contributed by atoms with Gasteiger partial charge in [0.1, 0.15) is 17.5 Å². The molecule has 2 aromatic carbocycles. The second-order valence-corrected chi connectivity index (χ2v) is 6.88. The second-order valence-electron chi connectivity index (χ2n) is 6.88. The van der Waals surface area contributed by atoms with Gasteiger partial charge in [0.15, 0.2) is 11.6 Å². The second kappa shape index (κ2) is 7.75. The number of nitrogens with two attached hydrogens (primary N) is 1. The van der Waals surface area contributed by atoms with Crippen molar-refractivity contribution in [1.29, 1.82) is 0 Å². The van der Waals surface area contributed by atoms with E-state index >= 15 is 0 Å². The van der Waals surface area contributed by atoms with Crippen LogP contribution in [0.2, 0.25) is 0 Å². The molecule has 4 aromatic rings. The summed E-state index contributed by atoms with van der Waals surface area (Å²) in [6, 6.07) is 18.0. The van der Waals surface area contributed by atoms with Gasteiger partial charge in [0.2, 0.25) is 5.88 Å². The Morgan fingerprint density at radius 2 is 1.83 bits per heavy atom. The number of ether oxygens (including phenoxy) is 1. The van der Waals surface area contributed by atoms with E-state index in [-0.39, 0.29) is 0 Å². The number of hydrogen-bond donors (Lipinski definition) is 1. The van der Waals surface area contributed by atoms with Crippen molar-refractivity contribution < 1.29 is 4.74 Å². The van der Waals surface area contributed by atoms with Gasteiger partial charge in [0.25, 0.3) is 0 Å². The Morgan fingerprint density at radius 3 is 2.62 bits per heavy atom. The Morgan fingerprint density at radius 1 is 1.00 bits per heavy atom. The Balaban J connectivity index is 1.75. The summed E-state index contributed by atoms with van der Waals surface area (Å²) in [6.45, 7) is 6.78. The molecule has 0 aliphatic carbocycles. The molecule has 0 radical (unpaired) electrons. The van der Waals surface area contributed by atoms with Crippen molar-refractivity contribution in [2.45, 2.75) is 20.8 Å². The predicted molar refractivity (Wildman–Crippen MR) is 117 cm³/mol. The van der Waals surface area contributed by atoms with Gasteiger partial charge in [-0.1, -0.05) is 30.3 Å². The van der Waals surface area contributed by atoms with Crippen molar-refractivity contribution in [1.82, 2.24) is 15.0 Å². The molecule has 0 spiro atoms. The third-order valence-corrected chi connectivity index (χ3v) is 4.74. The lowest BCUT2D eigenvalue weighted by Gasteiger charge is -2.24. The van der Waals surface area contributed by atoms with Crippen molar-refractivity contribution >= 4 is 28.1 Å². The third-order valence-electron chi connectivity index (χ3n) is 4.74. The number of para-hydroxylation sites is 1. The molecule has 29 heavy (non-hydrogen) atoms. The molecule has 0 aliphatic rings. The summed E-state index contributed by atoms with van der Waals surface area (Å²) in [7, 11) is 0. The van der Waals surface area contributed by atoms with Gasteiger partial charge in [0.05, 0.1) is 0 Å². The van der Waals surface area contributed by atoms with E-state index in [4.69, 9.17) is 10.5 Å². The van der Waals surface area contributed by atoms with E-state index in [1.807, 2.05) is 54.3 Å².